The van der Waals surface area contributed by atoms with Gasteiger partial charge in [0.2, 0.25) is 0 Å². The number of aliphatic hydroxyl groups excluding tert-OH is 2. The Hall–Kier alpha value is -0.860. The monoisotopic (exact) mass is 180 g/mol. The van der Waals surface area contributed by atoms with Gasteiger partial charge < -0.3 is 10.2 Å². The first-order valence-corrected chi connectivity index (χ1v) is 4.58. The van der Waals surface area contributed by atoms with Gasteiger partial charge in [-0.2, -0.15) is 0 Å². The van der Waals surface area contributed by atoms with E-state index in [4.69, 9.17) is 5.11 Å². The lowest BCUT2D eigenvalue weighted by Gasteiger charge is -2.13. The number of benzene rings is 1. The van der Waals surface area contributed by atoms with Crippen LogP contribution in [0.25, 0.3) is 0 Å². The molecule has 0 unspecified atom stereocenters. The maximum absolute atomic E-state index is 9.48. The Balaban J connectivity index is 3.08. The van der Waals surface area contributed by atoms with Gasteiger partial charge in [-0.05, 0) is 30.0 Å². The van der Waals surface area contributed by atoms with Crippen molar-refractivity contribution in [2.75, 3.05) is 6.61 Å². The van der Waals surface area contributed by atoms with E-state index >= 15 is 0 Å². The van der Waals surface area contributed by atoms with Crippen molar-refractivity contribution < 1.29 is 10.2 Å². The lowest BCUT2D eigenvalue weighted by molar-refractivity contribution is 0.0950. The van der Waals surface area contributed by atoms with Gasteiger partial charge in [-0.3, -0.25) is 0 Å². The highest BCUT2D eigenvalue weighted by Crippen LogP contribution is 2.20. The Morgan fingerprint density at radius 2 is 2.08 bits per heavy atom. The largest absolute Gasteiger partial charge is 0.393 e. The molecular formula is C11H16O2. The first-order valence-electron chi connectivity index (χ1n) is 4.58. The highest BCUT2D eigenvalue weighted by molar-refractivity contribution is 5.35. The minimum absolute atomic E-state index is 0.214. The molecule has 13 heavy (non-hydrogen) atoms. The summed E-state index contributed by atoms with van der Waals surface area (Å²) in [7, 11) is 0. The van der Waals surface area contributed by atoms with Crippen molar-refractivity contribution in [3.05, 3.63) is 34.9 Å². The third kappa shape index (κ3) is 2.08. The molecule has 0 saturated heterocycles. The van der Waals surface area contributed by atoms with Crippen LogP contribution in [-0.4, -0.2) is 16.8 Å². The zero-order chi connectivity index (χ0) is 9.84. The first-order chi connectivity index (χ1) is 6.20. The number of aryl methyl sites for hydroxylation is 1. The Morgan fingerprint density at radius 1 is 1.38 bits per heavy atom. The number of hydrogen-bond acceptors (Lipinski definition) is 2. The fourth-order valence-corrected chi connectivity index (χ4v) is 1.55. The second-order valence-corrected chi connectivity index (χ2v) is 3.18. The zero-order valence-electron chi connectivity index (χ0n) is 8.12. The highest BCUT2D eigenvalue weighted by Gasteiger charge is 2.10. The summed E-state index contributed by atoms with van der Waals surface area (Å²) in [6.45, 7) is 3.85. The first kappa shape index (κ1) is 10.2. The summed E-state index contributed by atoms with van der Waals surface area (Å²) in [5.41, 5.74) is 3.15. The van der Waals surface area contributed by atoms with Crippen molar-refractivity contribution in [1.29, 1.82) is 0 Å². The molecule has 1 rings (SSSR count). The maximum Gasteiger partial charge on any atom is 0.102 e. The molecule has 2 N–H and O–H groups in total. The van der Waals surface area contributed by atoms with E-state index in [-0.39, 0.29) is 6.61 Å². The van der Waals surface area contributed by atoms with Crippen LogP contribution >= 0.6 is 0 Å². The van der Waals surface area contributed by atoms with E-state index in [0.717, 1.165) is 17.5 Å². The Bertz CT molecular complexity index is 281. The third-order valence-electron chi connectivity index (χ3n) is 2.40. The van der Waals surface area contributed by atoms with Gasteiger partial charge in [0.25, 0.3) is 0 Å². The summed E-state index contributed by atoms with van der Waals surface area (Å²) in [5.74, 6) is 0. The van der Waals surface area contributed by atoms with Crippen molar-refractivity contribution in [3.8, 4) is 0 Å². The summed E-state index contributed by atoms with van der Waals surface area (Å²) >= 11 is 0. The predicted molar refractivity (Wildman–Crippen MR) is 52.6 cm³/mol. The molecule has 0 aliphatic carbocycles. The fourth-order valence-electron chi connectivity index (χ4n) is 1.55. The lowest BCUT2D eigenvalue weighted by Crippen LogP contribution is -2.05. The molecular weight excluding hydrogens is 164 g/mol. The molecule has 72 valence electrons. The van der Waals surface area contributed by atoms with Crippen molar-refractivity contribution >= 4 is 0 Å². The van der Waals surface area contributed by atoms with Crippen LogP contribution in [0, 0.1) is 6.92 Å². The van der Waals surface area contributed by atoms with Crippen molar-refractivity contribution in [2.24, 2.45) is 0 Å². The molecule has 0 saturated carbocycles. The van der Waals surface area contributed by atoms with E-state index in [1.54, 1.807) is 0 Å². The lowest BCUT2D eigenvalue weighted by atomic mass is 9.97. The minimum atomic E-state index is -0.744. The molecule has 1 aromatic rings. The molecule has 0 aromatic heterocycles. The summed E-state index contributed by atoms with van der Waals surface area (Å²) < 4.78 is 0. The molecule has 0 radical (unpaired) electrons. The van der Waals surface area contributed by atoms with Crippen LogP contribution in [0.1, 0.15) is 29.7 Å². The van der Waals surface area contributed by atoms with Crippen LogP contribution in [0.4, 0.5) is 0 Å². The van der Waals surface area contributed by atoms with E-state index < -0.39 is 6.10 Å². The van der Waals surface area contributed by atoms with Crippen molar-refractivity contribution in [3.63, 3.8) is 0 Å². The van der Waals surface area contributed by atoms with Crippen LogP contribution in [0.2, 0.25) is 0 Å². The average Bonchev–Trinajstić information content (AvgIpc) is 2.17. The number of rotatable bonds is 3. The summed E-state index contributed by atoms with van der Waals surface area (Å²) in [5, 5.41) is 18.3. The normalized spacial score (nSPS) is 12.9. The van der Waals surface area contributed by atoms with Gasteiger partial charge in [-0.15, -0.1) is 0 Å². The van der Waals surface area contributed by atoms with Gasteiger partial charge in [-0.1, -0.05) is 25.1 Å². The van der Waals surface area contributed by atoms with E-state index in [9.17, 15) is 5.11 Å². The quantitative estimate of drug-likeness (QED) is 0.741. The Kier molecular flexibility index (Phi) is 3.46. The van der Waals surface area contributed by atoms with Crippen LogP contribution in [0.3, 0.4) is 0 Å². The second kappa shape index (κ2) is 4.40. The third-order valence-corrected chi connectivity index (χ3v) is 2.40. The van der Waals surface area contributed by atoms with E-state index in [0.29, 0.717) is 0 Å². The van der Waals surface area contributed by atoms with E-state index in [1.165, 1.54) is 5.56 Å². The molecule has 0 amide bonds. The van der Waals surface area contributed by atoms with Crippen molar-refractivity contribution in [2.45, 2.75) is 26.4 Å². The molecule has 1 aromatic carbocycles. The van der Waals surface area contributed by atoms with Crippen LogP contribution < -0.4 is 0 Å². The SMILES string of the molecule is CCc1cccc([C@@H](O)CO)c1C. The molecule has 0 bridgehead atoms. The standard InChI is InChI=1S/C11H16O2/c1-3-9-5-4-6-10(8(9)2)11(13)7-12/h4-6,11-13H,3,7H2,1-2H3/t11-/m0/s1. The van der Waals surface area contributed by atoms with E-state index in [1.807, 2.05) is 25.1 Å². The molecule has 0 aliphatic rings. The fraction of sp³-hybridized carbons (Fsp3) is 0.455. The molecule has 2 nitrogen and oxygen atoms in total. The molecule has 0 aliphatic heterocycles. The van der Waals surface area contributed by atoms with Crippen LogP contribution in [-0.2, 0) is 6.42 Å². The highest BCUT2D eigenvalue weighted by atomic mass is 16.3. The summed E-state index contributed by atoms with van der Waals surface area (Å²) in [4.78, 5) is 0. The topological polar surface area (TPSA) is 40.5 Å². The predicted octanol–water partition coefficient (Wildman–Crippen LogP) is 1.58. The average molecular weight is 180 g/mol. The van der Waals surface area contributed by atoms with Gasteiger partial charge in [0, 0.05) is 0 Å². The van der Waals surface area contributed by atoms with Gasteiger partial charge in [-0.25, -0.2) is 0 Å². The second-order valence-electron chi connectivity index (χ2n) is 3.18. The molecule has 1 atom stereocenters. The molecule has 0 spiro atoms. The summed E-state index contributed by atoms with van der Waals surface area (Å²) in [6, 6.07) is 5.82. The van der Waals surface area contributed by atoms with Gasteiger partial charge in [0.15, 0.2) is 0 Å². The van der Waals surface area contributed by atoms with E-state index in [2.05, 4.69) is 6.92 Å². The molecule has 0 fully saturated rings. The zero-order valence-corrected chi connectivity index (χ0v) is 8.12. The van der Waals surface area contributed by atoms with Crippen molar-refractivity contribution in [1.82, 2.24) is 0 Å². The Labute approximate surface area is 78.8 Å². The van der Waals surface area contributed by atoms with Crippen LogP contribution in [0.15, 0.2) is 18.2 Å². The van der Waals surface area contributed by atoms with Gasteiger partial charge in [0.1, 0.15) is 6.10 Å². The summed E-state index contributed by atoms with van der Waals surface area (Å²) in [6.07, 6.45) is 0.212. The van der Waals surface area contributed by atoms with Gasteiger partial charge >= 0.3 is 0 Å². The molecule has 0 heterocycles. The molecule has 2 heteroatoms. The Morgan fingerprint density at radius 3 is 2.62 bits per heavy atom. The number of hydrogen-bond donors (Lipinski definition) is 2. The smallest absolute Gasteiger partial charge is 0.102 e. The van der Waals surface area contributed by atoms with Gasteiger partial charge in [0.05, 0.1) is 6.61 Å². The maximum atomic E-state index is 9.48. The number of aliphatic hydroxyl groups is 2. The minimum Gasteiger partial charge on any atom is -0.393 e. The van der Waals surface area contributed by atoms with Crippen LogP contribution in [0.5, 0.6) is 0 Å².